The van der Waals surface area contributed by atoms with Crippen LogP contribution in [0.1, 0.15) is 30.9 Å². The van der Waals surface area contributed by atoms with E-state index >= 15 is 0 Å². The van der Waals surface area contributed by atoms with E-state index in [0.717, 1.165) is 19.4 Å². The van der Waals surface area contributed by atoms with Gasteiger partial charge in [0.2, 0.25) is 5.91 Å². The summed E-state index contributed by atoms with van der Waals surface area (Å²) in [5, 5.41) is 7.19. The number of aryl methyl sites for hydroxylation is 1. The highest BCUT2D eigenvalue weighted by atomic mass is 16.2. The summed E-state index contributed by atoms with van der Waals surface area (Å²) in [6, 6.07) is 2.03. The molecular weight excluding hydrogens is 190 g/mol. The van der Waals surface area contributed by atoms with E-state index in [1.54, 1.807) is 0 Å². The van der Waals surface area contributed by atoms with E-state index in [4.69, 9.17) is 0 Å². The maximum atomic E-state index is 11.9. The lowest BCUT2D eigenvalue weighted by molar-refractivity contribution is -0.132. The topological polar surface area (TPSA) is 46.9 Å². The van der Waals surface area contributed by atoms with Crippen molar-refractivity contribution in [2.45, 2.75) is 25.2 Å². The third kappa shape index (κ3) is 1.02. The fraction of sp³-hybridized carbons (Fsp3) is 0.636. The molecular formula is C11H15N3O. The van der Waals surface area contributed by atoms with Crippen molar-refractivity contribution in [1.82, 2.24) is 15.1 Å². The molecule has 4 nitrogen and oxygen atoms in total. The molecule has 1 saturated carbocycles. The number of aromatic nitrogens is 2. The van der Waals surface area contributed by atoms with Crippen LogP contribution >= 0.6 is 0 Å². The highest BCUT2D eigenvalue weighted by Crippen LogP contribution is 2.53. The molecule has 80 valence electrons. The molecule has 1 aliphatic carbocycles. The third-order valence-corrected chi connectivity index (χ3v) is 4.05. The van der Waals surface area contributed by atoms with Gasteiger partial charge in [0, 0.05) is 31.4 Å². The number of carbonyl (C=O) groups excluding carboxylic acids is 1. The van der Waals surface area contributed by atoms with Gasteiger partial charge in [-0.1, -0.05) is 6.42 Å². The highest BCUT2D eigenvalue weighted by Gasteiger charge is 2.55. The number of hydrogen-bond donors (Lipinski definition) is 1. The Kier molecular flexibility index (Phi) is 1.69. The lowest BCUT2D eigenvalue weighted by atomic mass is 9.61. The number of nitrogens with zero attached hydrogens (tertiary/aromatic N) is 2. The average molecular weight is 205 g/mol. The van der Waals surface area contributed by atoms with Crippen molar-refractivity contribution in [2.75, 3.05) is 6.54 Å². The molecule has 1 amide bonds. The standard InChI is InChI=1S/C11H15N3O/c1-14-9(3-6-13-14)8-7-12-10(15)11(8)4-2-5-11/h3,6,8H,2,4-5,7H2,1H3,(H,12,15)/t8-/m1/s1. The first-order chi connectivity index (χ1) is 7.24. The van der Waals surface area contributed by atoms with Gasteiger partial charge in [0.05, 0.1) is 5.41 Å². The summed E-state index contributed by atoms with van der Waals surface area (Å²) in [5.41, 5.74) is 1.08. The minimum atomic E-state index is -0.103. The lowest BCUT2D eigenvalue weighted by Crippen LogP contribution is -2.40. The zero-order chi connectivity index (χ0) is 10.5. The van der Waals surface area contributed by atoms with Gasteiger partial charge in [0.1, 0.15) is 0 Å². The molecule has 1 aromatic rings. The molecule has 4 heteroatoms. The number of rotatable bonds is 1. The molecule has 1 spiro atoms. The summed E-state index contributed by atoms with van der Waals surface area (Å²) in [6.07, 6.45) is 5.07. The molecule has 2 fully saturated rings. The maximum absolute atomic E-state index is 11.9. The van der Waals surface area contributed by atoms with E-state index in [9.17, 15) is 4.79 Å². The van der Waals surface area contributed by atoms with Gasteiger partial charge in [0.15, 0.2) is 0 Å². The molecule has 1 atom stereocenters. The Balaban J connectivity index is 2.00. The number of amides is 1. The molecule has 2 aliphatic rings. The van der Waals surface area contributed by atoms with E-state index in [-0.39, 0.29) is 11.3 Å². The van der Waals surface area contributed by atoms with Crippen LogP contribution in [0, 0.1) is 5.41 Å². The van der Waals surface area contributed by atoms with Crippen molar-refractivity contribution < 1.29 is 4.79 Å². The largest absolute Gasteiger partial charge is 0.355 e. The Morgan fingerprint density at radius 2 is 2.40 bits per heavy atom. The van der Waals surface area contributed by atoms with E-state index in [2.05, 4.69) is 10.4 Å². The van der Waals surface area contributed by atoms with Crippen molar-refractivity contribution in [1.29, 1.82) is 0 Å². The van der Waals surface area contributed by atoms with Crippen molar-refractivity contribution >= 4 is 5.91 Å². The molecule has 1 N–H and O–H groups in total. The fourth-order valence-electron chi connectivity index (χ4n) is 2.97. The van der Waals surface area contributed by atoms with E-state index in [1.807, 2.05) is 24.0 Å². The molecule has 3 rings (SSSR count). The van der Waals surface area contributed by atoms with Gasteiger partial charge in [-0.3, -0.25) is 9.48 Å². The first-order valence-electron chi connectivity index (χ1n) is 5.50. The van der Waals surface area contributed by atoms with Gasteiger partial charge in [-0.25, -0.2) is 0 Å². The number of hydrogen-bond acceptors (Lipinski definition) is 2. The van der Waals surface area contributed by atoms with Crippen molar-refractivity contribution in [3.05, 3.63) is 18.0 Å². The van der Waals surface area contributed by atoms with Gasteiger partial charge in [-0.05, 0) is 18.9 Å². The number of nitrogens with one attached hydrogen (secondary N) is 1. The first-order valence-corrected chi connectivity index (χ1v) is 5.50. The lowest BCUT2D eigenvalue weighted by Gasteiger charge is -2.40. The van der Waals surface area contributed by atoms with Crippen LogP contribution in [-0.2, 0) is 11.8 Å². The van der Waals surface area contributed by atoms with Gasteiger partial charge in [-0.2, -0.15) is 5.10 Å². The Morgan fingerprint density at radius 1 is 1.60 bits per heavy atom. The Labute approximate surface area is 88.7 Å². The van der Waals surface area contributed by atoms with Crippen LogP contribution in [0.25, 0.3) is 0 Å². The Bertz CT molecular complexity index is 406. The van der Waals surface area contributed by atoms with Crippen LogP contribution < -0.4 is 5.32 Å². The zero-order valence-electron chi connectivity index (χ0n) is 8.86. The van der Waals surface area contributed by atoms with E-state index in [1.165, 1.54) is 12.1 Å². The number of carbonyl (C=O) groups is 1. The molecule has 15 heavy (non-hydrogen) atoms. The van der Waals surface area contributed by atoms with Crippen molar-refractivity contribution in [2.24, 2.45) is 12.5 Å². The minimum Gasteiger partial charge on any atom is -0.355 e. The normalized spacial score (nSPS) is 27.8. The Hall–Kier alpha value is -1.32. The summed E-state index contributed by atoms with van der Waals surface area (Å²) in [5.74, 6) is 0.575. The summed E-state index contributed by atoms with van der Waals surface area (Å²) < 4.78 is 1.89. The molecule has 0 bridgehead atoms. The second-order valence-electron chi connectivity index (χ2n) is 4.65. The molecule has 1 aromatic heterocycles. The van der Waals surface area contributed by atoms with Crippen molar-refractivity contribution in [3.8, 4) is 0 Å². The monoisotopic (exact) mass is 205 g/mol. The summed E-state index contributed by atoms with van der Waals surface area (Å²) >= 11 is 0. The smallest absolute Gasteiger partial charge is 0.226 e. The first kappa shape index (κ1) is 8.95. The fourth-order valence-corrected chi connectivity index (χ4v) is 2.97. The molecule has 0 unspecified atom stereocenters. The second kappa shape index (κ2) is 2.84. The van der Waals surface area contributed by atoms with Gasteiger partial charge in [0.25, 0.3) is 0 Å². The molecule has 2 heterocycles. The maximum Gasteiger partial charge on any atom is 0.226 e. The van der Waals surface area contributed by atoms with E-state index in [0.29, 0.717) is 5.92 Å². The van der Waals surface area contributed by atoms with Crippen LogP contribution in [0.15, 0.2) is 12.3 Å². The van der Waals surface area contributed by atoms with Crippen LogP contribution in [0.5, 0.6) is 0 Å². The summed E-state index contributed by atoms with van der Waals surface area (Å²) in [7, 11) is 1.95. The summed E-state index contributed by atoms with van der Waals surface area (Å²) in [4.78, 5) is 11.9. The zero-order valence-corrected chi connectivity index (χ0v) is 8.86. The molecule has 1 saturated heterocycles. The van der Waals surface area contributed by atoms with Crippen molar-refractivity contribution in [3.63, 3.8) is 0 Å². The highest BCUT2D eigenvalue weighted by molar-refractivity contribution is 5.87. The van der Waals surface area contributed by atoms with Gasteiger partial charge < -0.3 is 5.32 Å². The second-order valence-corrected chi connectivity index (χ2v) is 4.65. The Morgan fingerprint density at radius 3 is 2.93 bits per heavy atom. The molecule has 0 radical (unpaired) electrons. The quantitative estimate of drug-likeness (QED) is 0.737. The van der Waals surface area contributed by atoms with E-state index < -0.39 is 0 Å². The average Bonchev–Trinajstić information content (AvgIpc) is 2.67. The predicted octanol–water partition coefficient (Wildman–Crippen LogP) is 0.804. The molecule has 0 aromatic carbocycles. The minimum absolute atomic E-state index is 0.103. The molecule has 1 aliphatic heterocycles. The SMILES string of the molecule is Cn1nccc1[C@H]1CNC(=O)C12CCC2. The van der Waals surface area contributed by atoms with Crippen LogP contribution in [0.3, 0.4) is 0 Å². The van der Waals surface area contributed by atoms with Crippen LogP contribution in [-0.4, -0.2) is 22.2 Å². The van der Waals surface area contributed by atoms with Gasteiger partial charge in [-0.15, -0.1) is 0 Å². The summed E-state index contributed by atoms with van der Waals surface area (Å²) in [6.45, 7) is 0.776. The third-order valence-electron chi connectivity index (χ3n) is 4.05. The predicted molar refractivity (Wildman–Crippen MR) is 55.2 cm³/mol. The van der Waals surface area contributed by atoms with Crippen LogP contribution in [0.4, 0.5) is 0 Å². The van der Waals surface area contributed by atoms with Crippen LogP contribution in [0.2, 0.25) is 0 Å². The van der Waals surface area contributed by atoms with Gasteiger partial charge >= 0.3 is 0 Å².